The van der Waals surface area contributed by atoms with Crippen LogP contribution in [-0.2, 0) is 6.42 Å². The summed E-state index contributed by atoms with van der Waals surface area (Å²) in [5.74, 6) is 0.563. The van der Waals surface area contributed by atoms with Gasteiger partial charge in [-0.1, -0.05) is 6.07 Å². The van der Waals surface area contributed by atoms with Crippen LogP contribution in [-0.4, -0.2) is 27.4 Å². The summed E-state index contributed by atoms with van der Waals surface area (Å²) in [5.41, 5.74) is 5.06. The Morgan fingerprint density at radius 3 is 3.00 bits per heavy atom. The van der Waals surface area contributed by atoms with Gasteiger partial charge in [0, 0.05) is 19.0 Å². The summed E-state index contributed by atoms with van der Waals surface area (Å²) in [7, 11) is 0. The molecule has 120 valence electrons. The molecule has 0 bridgehead atoms. The molecule has 6 nitrogen and oxygen atoms in total. The lowest BCUT2D eigenvalue weighted by Crippen LogP contribution is -2.25. The van der Waals surface area contributed by atoms with E-state index >= 15 is 0 Å². The summed E-state index contributed by atoms with van der Waals surface area (Å²) in [6.45, 7) is 2.38. The predicted octanol–water partition coefficient (Wildman–Crippen LogP) is 2.99. The summed E-state index contributed by atoms with van der Waals surface area (Å²) < 4.78 is 5.53. The second-order valence-electron chi connectivity index (χ2n) is 5.68. The SMILES string of the molecule is Cc1nc2ccc(CCNC(=O)c3ccc4nc[nH]c4c3)cc2o1. The molecule has 0 aliphatic rings. The maximum atomic E-state index is 12.2. The van der Waals surface area contributed by atoms with E-state index < -0.39 is 0 Å². The Labute approximate surface area is 137 Å². The first-order chi connectivity index (χ1) is 11.7. The molecule has 0 spiro atoms. The number of H-pyrrole nitrogens is 1. The fourth-order valence-electron chi connectivity index (χ4n) is 2.74. The van der Waals surface area contributed by atoms with Crippen LogP contribution in [0.2, 0.25) is 0 Å². The Bertz CT molecular complexity index is 1030. The fraction of sp³-hybridized carbons (Fsp3) is 0.167. The van der Waals surface area contributed by atoms with E-state index in [0.717, 1.165) is 34.1 Å². The van der Waals surface area contributed by atoms with Crippen LogP contribution in [0.1, 0.15) is 21.8 Å². The van der Waals surface area contributed by atoms with Crippen molar-refractivity contribution in [2.24, 2.45) is 0 Å². The molecular formula is C18H16N4O2. The van der Waals surface area contributed by atoms with Crippen molar-refractivity contribution < 1.29 is 9.21 Å². The minimum absolute atomic E-state index is 0.0944. The van der Waals surface area contributed by atoms with Gasteiger partial charge >= 0.3 is 0 Å². The number of fused-ring (bicyclic) bond motifs is 2. The Hall–Kier alpha value is -3.15. The molecular weight excluding hydrogens is 304 g/mol. The Balaban J connectivity index is 1.40. The maximum Gasteiger partial charge on any atom is 0.251 e. The third-order valence-electron chi connectivity index (χ3n) is 3.94. The second-order valence-corrected chi connectivity index (χ2v) is 5.68. The van der Waals surface area contributed by atoms with E-state index in [4.69, 9.17) is 4.42 Å². The van der Waals surface area contributed by atoms with Crippen LogP contribution in [0.25, 0.3) is 22.1 Å². The molecule has 0 fully saturated rings. The zero-order valence-corrected chi connectivity index (χ0v) is 13.2. The van der Waals surface area contributed by atoms with Crippen molar-refractivity contribution in [1.29, 1.82) is 0 Å². The van der Waals surface area contributed by atoms with Gasteiger partial charge in [-0.15, -0.1) is 0 Å². The quantitative estimate of drug-likeness (QED) is 0.605. The molecule has 0 aliphatic carbocycles. The highest BCUT2D eigenvalue weighted by atomic mass is 16.3. The van der Waals surface area contributed by atoms with Gasteiger partial charge in [0.15, 0.2) is 11.5 Å². The van der Waals surface area contributed by atoms with Crippen molar-refractivity contribution in [2.75, 3.05) is 6.54 Å². The molecule has 24 heavy (non-hydrogen) atoms. The number of aromatic amines is 1. The van der Waals surface area contributed by atoms with Gasteiger partial charge in [0.1, 0.15) is 5.52 Å². The van der Waals surface area contributed by atoms with E-state index in [9.17, 15) is 4.79 Å². The molecule has 0 atom stereocenters. The number of hydrogen-bond acceptors (Lipinski definition) is 4. The van der Waals surface area contributed by atoms with Gasteiger partial charge in [0.2, 0.25) is 0 Å². The molecule has 4 rings (SSSR count). The van der Waals surface area contributed by atoms with Crippen molar-refractivity contribution in [2.45, 2.75) is 13.3 Å². The maximum absolute atomic E-state index is 12.2. The zero-order valence-electron chi connectivity index (χ0n) is 13.2. The number of oxazole rings is 1. The van der Waals surface area contributed by atoms with Gasteiger partial charge in [-0.25, -0.2) is 9.97 Å². The lowest BCUT2D eigenvalue weighted by molar-refractivity contribution is 0.0954. The number of rotatable bonds is 4. The number of imidazole rings is 1. The van der Waals surface area contributed by atoms with Crippen LogP contribution in [0, 0.1) is 6.92 Å². The summed E-state index contributed by atoms with van der Waals surface area (Å²) in [6.07, 6.45) is 2.35. The lowest BCUT2D eigenvalue weighted by atomic mass is 10.1. The molecule has 2 N–H and O–H groups in total. The van der Waals surface area contributed by atoms with E-state index in [0.29, 0.717) is 18.0 Å². The topological polar surface area (TPSA) is 83.8 Å². The number of aromatic nitrogens is 3. The van der Waals surface area contributed by atoms with Crippen molar-refractivity contribution in [1.82, 2.24) is 20.3 Å². The van der Waals surface area contributed by atoms with E-state index in [1.165, 1.54) is 0 Å². The minimum Gasteiger partial charge on any atom is -0.441 e. The van der Waals surface area contributed by atoms with Gasteiger partial charge < -0.3 is 14.7 Å². The summed E-state index contributed by atoms with van der Waals surface area (Å²) in [4.78, 5) is 23.7. The van der Waals surface area contributed by atoms with Crippen molar-refractivity contribution >= 4 is 28.0 Å². The molecule has 4 aromatic rings. The Kier molecular flexibility index (Phi) is 3.49. The standard InChI is InChI=1S/C18H16N4O2/c1-11-22-15-4-2-12(8-17(15)24-11)6-7-19-18(23)13-3-5-14-16(9-13)21-10-20-14/h2-5,8-10H,6-7H2,1H3,(H,19,23)(H,20,21). The van der Waals surface area contributed by atoms with Gasteiger partial charge in [0.25, 0.3) is 5.91 Å². The van der Waals surface area contributed by atoms with Gasteiger partial charge in [-0.2, -0.15) is 0 Å². The molecule has 2 aromatic heterocycles. The van der Waals surface area contributed by atoms with Crippen molar-refractivity contribution in [3.05, 3.63) is 59.7 Å². The average molecular weight is 320 g/mol. The normalized spacial score (nSPS) is 11.2. The third kappa shape index (κ3) is 2.74. The Morgan fingerprint density at radius 1 is 1.21 bits per heavy atom. The predicted molar refractivity (Wildman–Crippen MR) is 90.9 cm³/mol. The van der Waals surface area contributed by atoms with Crippen LogP contribution in [0.4, 0.5) is 0 Å². The molecule has 6 heteroatoms. The van der Waals surface area contributed by atoms with Crippen LogP contribution >= 0.6 is 0 Å². The van der Waals surface area contributed by atoms with Crippen LogP contribution in [0.15, 0.2) is 47.1 Å². The highest BCUT2D eigenvalue weighted by molar-refractivity contribution is 5.97. The van der Waals surface area contributed by atoms with Gasteiger partial charge in [-0.3, -0.25) is 4.79 Å². The van der Waals surface area contributed by atoms with E-state index in [2.05, 4.69) is 20.3 Å². The number of carbonyl (C=O) groups excluding carboxylic acids is 1. The number of hydrogen-bond donors (Lipinski definition) is 2. The van der Waals surface area contributed by atoms with Crippen LogP contribution in [0.3, 0.4) is 0 Å². The lowest BCUT2D eigenvalue weighted by Gasteiger charge is -2.05. The molecule has 2 aromatic carbocycles. The van der Waals surface area contributed by atoms with Gasteiger partial charge in [0.05, 0.1) is 17.4 Å². The number of benzene rings is 2. The van der Waals surface area contributed by atoms with E-state index in [1.54, 1.807) is 18.5 Å². The molecule has 1 amide bonds. The van der Waals surface area contributed by atoms with Crippen molar-refractivity contribution in [3.63, 3.8) is 0 Å². The molecule has 0 unspecified atom stereocenters. The molecule has 0 aliphatic heterocycles. The molecule has 0 saturated carbocycles. The van der Waals surface area contributed by atoms with Crippen LogP contribution in [0.5, 0.6) is 0 Å². The number of aryl methyl sites for hydroxylation is 1. The number of nitrogens with one attached hydrogen (secondary N) is 2. The number of carbonyl (C=O) groups is 1. The summed E-state index contributed by atoms with van der Waals surface area (Å²) in [5, 5.41) is 2.94. The van der Waals surface area contributed by atoms with E-state index in [1.807, 2.05) is 31.2 Å². The average Bonchev–Trinajstić information content (AvgIpc) is 3.18. The summed E-state index contributed by atoms with van der Waals surface area (Å²) in [6, 6.07) is 11.3. The first kappa shape index (κ1) is 14.4. The molecule has 0 saturated heterocycles. The van der Waals surface area contributed by atoms with Crippen LogP contribution < -0.4 is 5.32 Å². The van der Waals surface area contributed by atoms with E-state index in [-0.39, 0.29) is 5.91 Å². The Morgan fingerprint density at radius 2 is 2.08 bits per heavy atom. The smallest absolute Gasteiger partial charge is 0.251 e. The highest BCUT2D eigenvalue weighted by Gasteiger charge is 2.08. The fourth-order valence-corrected chi connectivity index (χ4v) is 2.74. The number of amides is 1. The third-order valence-corrected chi connectivity index (χ3v) is 3.94. The van der Waals surface area contributed by atoms with Gasteiger partial charge in [-0.05, 0) is 42.3 Å². The monoisotopic (exact) mass is 320 g/mol. The summed E-state index contributed by atoms with van der Waals surface area (Å²) >= 11 is 0. The first-order valence-corrected chi connectivity index (χ1v) is 7.76. The molecule has 0 radical (unpaired) electrons. The highest BCUT2D eigenvalue weighted by Crippen LogP contribution is 2.17. The molecule has 2 heterocycles. The van der Waals surface area contributed by atoms with Crippen molar-refractivity contribution in [3.8, 4) is 0 Å². The minimum atomic E-state index is -0.0944. The second kappa shape index (κ2) is 5.81. The number of nitrogens with zero attached hydrogens (tertiary/aromatic N) is 2. The first-order valence-electron chi connectivity index (χ1n) is 7.76. The zero-order chi connectivity index (χ0) is 16.5. The largest absolute Gasteiger partial charge is 0.441 e.